The highest BCUT2D eigenvalue weighted by Crippen LogP contribution is 2.24. The van der Waals surface area contributed by atoms with Gasteiger partial charge in [-0.05, 0) is 12.0 Å². The summed E-state index contributed by atoms with van der Waals surface area (Å²) in [5.74, 6) is 0.227. The molecule has 0 bridgehead atoms. The summed E-state index contributed by atoms with van der Waals surface area (Å²) in [7, 11) is -3.84. The molecule has 0 heterocycles. The summed E-state index contributed by atoms with van der Waals surface area (Å²) < 4.78 is 26.8. The minimum absolute atomic E-state index is 0.00681. The summed E-state index contributed by atoms with van der Waals surface area (Å²) in [5.41, 5.74) is 5.29. The third kappa shape index (κ3) is 3.91. The molecule has 0 atom stereocenters. The number of nitrogens with two attached hydrogens (primary N) is 1. The van der Waals surface area contributed by atoms with E-state index in [1.165, 1.54) is 12.1 Å². The van der Waals surface area contributed by atoms with E-state index >= 15 is 0 Å². The Balaban J connectivity index is 3.03. The highest BCUT2D eigenvalue weighted by atomic mass is 32.2. The van der Waals surface area contributed by atoms with Gasteiger partial charge in [-0.15, -0.1) is 0 Å². The lowest BCUT2D eigenvalue weighted by molar-refractivity contribution is -0.385. The smallest absolute Gasteiger partial charge is 0.270 e. The van der Waals surface area contributed by atoms with E-state index in [0.29, 0.717) is 0 Å². The molecular formula is C12H19N3O4S. The van der Waals surface area contributed by atoms with Crippen LogP contribution in [0, 0.1) is 16.0 Å². The number of nitrogens with zero attached hydrogens (tertiary/aromatic N) is 1. The van der Waals surface area contributed by atoms with E-state index in [4.69, 9.17) is 5.73 Å². The molecule has 0 aliphatic heterocycles. The fourth-order valence-electron chi connectivity index (χ4n) is 1.75. The van der Waals surface area contributed by atoms with Crippen LogP contribution in [0.15, 0.2) is 23.1 Å². The Kier molecular flexibility index (Phi) is 5.46. The Morgan fingerprint density at radius 2 is 1.95 bits per heavy atom. The second kappa shape index (κ2) is 6.67. The number of rotatable bonds is 7. The first-order valence-electron chi connectivity index (χ1n) is 6.35. The molecule has 7 nitrogen and oxygen atoms in total. The molecule has 0 fully saturated rings. The van der Waals surface area contributed by atoms with Crippen molar-refractivity contribution in [2.75, 3.05) is 12.3 Å². The van der Waals surface area contributed by atoms with Gasteiger partial charge in [0.05, 0.1) is 10.6 Å². The number of nitro benzene ring substituents is 1. The molecule has 0 aliphatic carbocycles. The van der Waals surface area contributed by atoms with Crippen molar-refractivity contribution in [3.63, 3.8) is 0 Å². The lowest BCUT2D eigenvalue weighted by Crippen LogP contribution is -2.29. The van der Waals surface area contributed by atoms with Crippen LogP contribution >= 0.6 is 0 Å². The van der Waals surface area contributed by atoms with Crippen LogP contribution in [0.25, 0.3) is 0 Å². The van der Waals surface area contributed by atoms with Crippen molar-refractivity contribution in [3.8, 4) is 0 Å². The maximum absolute atomic E-state index is 12.2. The molecule has 3 N–H and O–H groups in total. The van der Waals surface area contributed by atoms with Gasteiger partial charge in [0.25, 0.3) is 5.69 Å². The molecule has 0 aliphatic rings. The molecule has 1 aromatic carbocycles. The molecule has 0 radical (unpaired) electrons. The van der Waals surface area contributed by atoms with E-state index in [0.717, 1.165) is 18.9 Å². The molecule has 0 unspecified atom stereocenters. The average Bonchev–Trinajstić information content (AvgIpc) is 2.39. The highest BCUT2D eigenvalue weighted by Gasteiger charge is 2.21. The minimum Gasteiger partial charge on any atom is -0.398 e. The van der Waals surface area contributed by atoms with Gasteiger partial charge in [-0.2, -0.15) is 0 Å². The van der Waals surface area contributed by atoms with Crippen LogP contribution in [-0.2, 0) is 10.0 Å². The van der Waals surface area contributed by atoms with Gasteiger partial charge in [0, 0.05) is 18.7 Å². The molecule has 8 heteroatoms. The first-order valence-corrected chi connectivity index (χ1v) is 7.83. The number of nitro groups is 1. The Morgan fingerprint density at radius 1 is 1.35 bits per heavy atom. The van der Waals surface area contributed by atoms with E-state index in [-0.39, 0.29) is 28.7 Å². The van der Waals surface area contributed by atoms with Gasteiger partial charge in [0.1, 0.15) is 4.90 Å². The normalized spacial score (nSPS) is 11.8. The number of non-ortho nitro benzene ring substituents is 1. The SMILES string of the molecule is CCC(CC)CNS(=O)(=O)c1cc([N+](=O)[O-])ccc1N. The maximum atomic E-state index is 12.2. The summed E-state index contributed by atoms with van der Waals surface area (Å²) in [5, 5.41) is 10.7. The van der Waals surface area contributed by atoms with Crippen molar-refractivity contribution in [2.45, 2.75) is 31.6 Å². The molecule has 0 spiro atoms. The average molecular weight is 301 g/mol. The molecule has 0 aromatic heterocycles. The van der Waals surface area contributed by atoms with Crippen LogP contribution < -0.4 is 10.5 Å². The molecular weight excluding hydrogens is 282 g/mol. The van der Waals surface area contributed by atoms with Crippen molar-refractivity contribution in [3.05, 3.63) is 28.3 Å². The zero-order chi connectivity index (χ0) is 15.3. The number of anilines is 1. The first kappa shape index (κ1) is 16.4. The van der Waals surface area contributed by atoms with Crippen molar-refractivity contribution in [1.29, 1.82) is 0 Å². The Hall–Kier alpha value is -1.67. The predicted octanol–water partition coefficient (Wildman–Crippen LogP) is 1.89. The number of benzene rings is 1. The largest absolute Gasteiger partial charge is 0.398 e. The highest BCUT2D eigenvalue weighted by molar-refractivity contribution is 7.89. The second-order valence-electron chi connectivity index (χ2n) is 4.51. The third-order valence-corrected chi connectivity index (χ3v) is 4.69. The van der Waals surface area contributed by atoms with Crippen LogP contribution in [0.3, 0.4) is 0 Å². The van der Waals surface area contributed by atoms with Gasteiger partial charge in [-0.25, -0.2) is 13.1 Å². The second-order valence-corrected chi connectivity index (χ2v) is 6.25. The summed E-state index contributed by atoms with van der Waals surface area (Å²) in [6.07, 6.45) is 1.70. The van der Waals surface area contributed by atoms with Gasteiger partial charge in [0.15, 0.2) is 0 Å². The minimum atomic E-state index is -3.84. The summed E-state index contributed by atoms with van der Waals surface area (Å²) in [6, 6.07) is 3.38. The van der Waals surface area contributed by atoms with Crippen molar-refractivity contribution < 1.29 is 13.3 Å². The van der Waals surface area contributed by atoms with Gasteiger partial charge in [-0.1, -0.05) is 26.7 Å². The zero-order valence-electron chi connectivity index (χ0n) is 11.5. The van der Waals surface area contributed by atoms with Crippen molar-refractivity contribution in [1.82, 2.24) is 4.72 Å². The van der Waals surface area contributed by atoms with E-state index in [1.54, 1.807) is 0 Å². The number of hydrogen-bond acceptors (Lipinski definition) is 5. The number of nitrogen functional groups attached to an aromatic ring is 1. The first-order chi connectivity index (χ1) is 9.31. The van der Waals surface area contributed by atoms with E-state index in [2.05, 4.69) is 4.72 Å². The Bertz CT molecular complexity index is 582. The molecule has 0 amide bonds. The number of hydrogen-bond donors (Lipinski definition) is 2. The van der Waals surface area contributed by atoms with Crippen LogP contribution in [0.2, 0.25) is 0 Å². The maximum Gasteiger partial charge on any atom is 0.270 e. The topological polar surface area (TPSA) is 115 Å². The standard InChI is InChI=1S/C12H19N3O4S/c1-3-9(4-2)8-14-20(18,19)12-7-10(15(16)17)5-6-11(12)13/h5-7,9,14H,3-4,8,13H2,1-2H3. The number of nitrogens with one attached hydrogen (secondary N) is 1. The van der Waals surface area contributed by atoms with Crippen LogP contribution in [0.1, 0.15) is 26.7 Å². The zero-order valence-corrected chi connectivity index (χ0v) is 12.3. The van der Waals surface area contributed by atoms with Crippen molar-refractivity contribution >= 4 is 21.4 Å². The molecule has 0 saturated carbocycles. The summed E-state index contributed by atoms with van der Waals surface area (Å²) in [4.78, 5) is 9.79. The van der Waals surface area contributed by atoms with Gasteiger partial charge < -0.3 is 5.73 Å². The third-order valence-electron chi connectivity index (χ3n) is 3.21. The van der Waals surface area contributed by atoms with E-state index < -0.39 is 14.9 Å². The monoisotopic (exact) mass is 301 g/mol. The molecule has 20 heavy (non-hydrogen) atoms. The molecule has 1 aromatic rings. The number of sulfonamides is 1. The lowest BCUT2D eigenvalue weighted by atomic mass is 10.0. The Morgan fingerprint density at radius 3 is 2.45 bits per heavy atom. The quantitative estimate of drug-likeness (QED) is 0.453. The Labute approximate surface area is 118 Å². The molecule has 1 rings (SSSR count). The molecule has 112 valence electrons. The van der Waals surface area contributed by atoms with Crippen molar-refractivity contribution in [2.24, 2.45) is 5.92 Å². The van der Waals surface area contributed by atoms with E-state index in [9.17, 15) is 18.5 Å². The van der Waals surface area contributed by atoms with Crippen LogP contribution in [-0.4, -0.2) is 19.9 Å². The van der Waals surface area contributed by atoms with Gasteiger partial charge in [0.2, 0.25) is 10.0 Å². The van der Waals surface area contributed by atoms with E-state index in [1.807, 2.05) is 13.8 Å². The summed E-state index contributed by atoms with van der Waals surface area (Å²) >= 11 is 0. The fraction of sp³-hybridized carbons (Fsp3) is 0.500. The summed E-state index contributed by atoms with van der Waals surface area (Å²) in [6.45, 7) is 4.24. The predicted molar refractivity (Wildman–Crippen MR) is 76.8 cm³/mol. The van der Waals surface area contributed by atoms with Gasteiger partial charge in [-0.3, -0.25) is 10.1 Å². The lowest BCUT2D eigenvalue weighted by Gasteiger charge is -2.14. The fourth-order valence-corrected chi connectivity index (χ4v) is 3.02. The molecule has 0 saturated heterocycles. The van der Waals surface area contributed by atoms with Gasteiger partial charge >= 0.3 is 0 Å². The van der Waals surface area contributed by atoms with Crippen LogP contribution in [0.4, 0.5) is 11.4 Å². The van der Waals surface area contributed by atoms with Crippen LogP contribution in [0.5, 0.6) is 0 Å².